The van der Waals surface area contributed by atoms with Gasteiger partial charge in [0.2, 0.25) is 0 Å². The lowest BCUT2D eigenvalue weighted by molar-refractivity contribution is -0.140. The number of nitrogens with zero attached hydrogens (tertiary/aromatic N) is 1. The first kappa shape index (κ1) is 23.7. The topological polar surface area (TPSA) is 50.8 Å². The van der Waals surface area contributed by atoms with E-state index in [1.807, 2.05) is 31.2 Å². The molecule has 5 heteroatoms. The number of carbonyl (C=O) groups excluding carboxylic acids is 1. The quantitative estimate of drug-likeness (QED) is 0.483. The van der Waals surface area contributed by atoms with Crippen molar-refractivity contribution in [1.82, 2.24) is 4.90 Å². The highest BCUT2D eigenvalue weighted by Gasteiger charge is 2.33. The molecule has 0 bridgehead atoms. The minimum Gasteiger partial charge on any atom is -0.494 e. The normalized spacial score (nSPS) is 19.5. The largest absolute Gasteiger partial charge is 0.494 e. The van der Waals surface area contributed by atoms with Crippen LogP contribution in [0.5, 0.6) is 5.75 Å². The van der Waals surface area contributed by atoms with Crippen molar-refractivity contribution in [3.63, 3.8) is 0 Å². The van der Waals surface area contributed by atoms with Crippen LogP contribution in [0.25, 0.3) is 0 Å². The second kappa shape index (κ2) is 12.2. The van der Waals surface area contributed by atoms with Crippen LogP contribution < -0.4 is 10.1 Å². The molecule has 1 aromatic rings. The highest BCUT2D eigenvalue weighted by molar-refractivity contribution is 5.97. The van der Waals surface area contributed by atoms with E-state index in [2.05, 4.69) is 31.0 Å². The number of anilines is 1. The zero-order chi connectivity index (χ0) is 21.1. The third-order valence-electron chi connectivity index (χ3n) is 5.74. The lowest BCUT2D eigenvalue weighted by atomic mass is 9.99. The van der Waals surface area contributed by atoms with Crippen molar-refractivity contribution in [3.05, 3.63) is 24.3 Å². The van der Waals surface area contributed by atoms with E-state index in [9.17, 15) is 4.79 Å². The fraction of sp³-hybridized carbons (Fsp3) is 0.708. The molecule has 5 nitrogen and oxygen atoms in total. The minimum absolute atomic E-state index is 0.0860. The second-order valence-corrected chi connectivity index (χ2v) is 8.39. The molecule has 1 aliphatic heterocycles. The Hall–Kier alpha value is -1.59. The fourth-order valence-corrected chi connectivity index (χ4v) is 3.90. The van der Waals surface area contributed by atoms with Gasteiger partial charge in [-0.1, -0.05) is 26.7 Å². The molecule has 0 aliphatic carbocycles. The van der Waals surface area contributed by atoms with Gasteiger partial charge in [0.25, 0.3) is 5.91 Å². The van der Waals surface area contributed by atoms with Gasteiger partial charge in [0.1, 0.15) is 11.4 Å². The molecule has 2 atom stereocenters. The Morgan fingerprint density at radius 3 is 2.59 bits per heavy atom. The molecular formula is C24H40N2O3. The van der Waals surface area contributed by atoms with E-state index in [0.29, 0.717) is 25.7 Å². The van der Waals surface area contributed by atoms with Crippen molar-refractivity contribution in [3.8, 4) is 5.75 Å². The van der Waals surface area contributed by atoms with Gasteiger partial charge >= 0.3 is 0 Å². The Labute approximate surface area is 177 Å². The summed E-state index contributed by atoms with van der Waals surface area (Å²) in [4.78, 5) is 15.3. The van der Waals surface area contributed by atoms with E-state index in [1.54, 1.807) is 0 Å². The highest BCUT2D eigenvalue weighted by atomic mass is 16.5. The maximum atomic E-state index is 12.7. The summed E-state index contributed by atoms with van der Waals surface area (Å²) in [6.07, 6.45) is 7.53. The first-order valence-corrected chi connectivity index (χ1v) is 11.4. The zero-order valence-corrected chi connectivity index (χ0v) is 18.8. The SMILES string of the molecule is CCCO[C@](C)(CCC)C(=O)Nc1ccc(OCCCN2CCCC[C@@H]2C)cc1. The van der Waals surface area contributed by atoms with Gasteiger partial charge in [-0.3, -0.25) is 4.79 Å². The number of benzene rings is 1. The first-order valence-electron chi connectivity index (χ1n) is 11.4. The smallest absolute Gasteiger partial charge is 0.256 e. The van der Waals surface area contributed by atoms with E-state index >= 15 is 0 Å². The van der Waals surface area contributed by atoms with E-state index in [4.69, 9.17) is 9.47 Å². The molecule has 1 N–H and O–H groups in total. The second-order valence-electron chi connectivity index (χ2n) is 8.39. The number of nitrogens with one attached hydrogen (secondary N) is 1. The van der Waals surface area contributed by atoms with Crippen molar-refractivity contribution in [2.45, 2.75) is 84.3 Å². The van der Waals surface area contributed by atoms with Crippen molar-refractivity contribution in [2.24, 2.45) is 0 Å². The fourth-order valence-electron chi connectivity index (χ4n) is 3.90. The molecule has 29 heavy (non-hydrogen) atoms. The summed E-state index contributed by atoms with van der Waals surface area (Å²) in [5.41, 5.74) is -0.0159. The van der Waals surface area contributed by atoms with Crippen LogP contribution in [-0.2, 0) is 9.53 Å². The number of likely N-dealkylation sites (tertiary alicyclic amines) is 1. The summed E-state index contributed by atoms with van der Waals surface area (Å²) in [5, 5.41) is 2.99. The lowest BCUT2D eigenvalue weighted by Gasteiger charge is -2.33. The average molecular weight is 405 g/mol. The molecule has 0 radical (unpaired) electrons. The molecule has 2 rings (SSSR count). The summed E-state index contributed by atoms with van der Waals surface area (Å²) in [6.45, 7) is 11.9. The Bertz CT molecular complexity index is 605. The minimum atomic E-state index is -0.786. The molecule has 1 saturated heterocycles. The molecule has 1 aromatic carbocycles. The number of carbonyl (C=O) groups is 1. The van der Waals surface area contributed by atoms with Gasteiger partial charge in [0.05, 0.1) is 6.61 Å². The molecule has 1 amide bonds. The van der Waals surface area contributed by atoms with E-state index in [1.165, 1.54) is 25.8 Å². The molecule has 0 aromatic heterocycles. The van der Waals surface area contributed by atoms with Crippen LogP contribution >= 0.6 is 0 Å². The van der Waals surface area contributed by atoms with Gasteiger partial charge in [0, 0.05) is 24.9 Å². The number of hydrogen-bond acceptors (Lipinski definition) is 4. The number of hydrogen-bond donors (Lipinski definition) is 1. The van der Waals surface area contributed by atoms with Gasteiger partial charge < -0.3 is 19.7 Å². The third-order valence-corrected chi connectivity index (χ3v) is 5.74. The van der Waals surface area contributed by atoms with Crippen molar-refractivity contribution in [1.29, 1.82) is 0 Å². The molecule has 1 heterocycles. The van der Waals surface area contributed by atoms with Gasteiger partial charge in [-0.05, 0) is 76.8 Å². The zero-order valence-electron chi connectivity index (χ0n) is 18.8. The molecular weight excluding hydrogens is 364 g/mol. The standard InChI is InChI=1S/C24H40N2O3/c1-5-15-24(4,29-18-6-2)23(27)25-21-11-13-22(14-12-21)28-19-9-17-26-16-8-7-10-20(26)3/h11-14,20H,5-10,15-19H2,1-4H3,(H,25,27)/t20-,24+/m0/s1. The third kappa shape index (κ3) is 7.63. The maximum Gasteiger partial charge on any atom is 0.256 e. The summed E-state index contributed by atoms with van der Waals surface area (Å²) < 4.78 is 11.7. The van der Waals surface area contributed by atoms with Gasteiger partial charge in [-0.25, -0.2) is 0 Å². The Kier molecular flexibility index (Phi) is 9.95. The number of piperidine rings is 1. The van der Waals surface area contributed by atoms with Crippen LogP contribution in [0.2, 0.25) is 0 Å². The van der Waals surface area contributed by atoms with Crippen molar-refractivity contribution >= 4 is 11.6 Å². The summed E-state index contributed by atoms with van der Waals surface area (Å²) in [7, 11) is 0. The van der Waals surface area contributed by atoms with Gasteiger partial charge in [-0.15, -0.1) is 0 Å². The Morgan fingerprint density at radius 2 is 1.93 bits per heavy atom. The average Bonchev–Trinajstić information content (AvgIpc) is 2.72. The van der Waals surface area contributed by atoms with Crippen LogP contribution in [0.1, 0.15) is 72.6 Å². The van der Waals surface area contributed by atoms with Crippen molar-refractivity contribution in [2.75, 3.05) is 31.6 Å². The molecule has 0 spiro atoms. The summed E-state index contributed by atoms with van der Waals surface area (Å²) >= 11 is 0. The number of ether oxygens (including phenoxy) is 2. The summed E-state index contributed by atoms with van der Waals surface area (Å²) in [5.74, 6) is 0.755. The van der Waals surface area contributed by atoms with Gasteiger partial charge in [-0.2, -0.15) is 0 Å². The van der Waals surface area contributed by atoms with Crippen LogP contribution in [0, 0.1) is 0 Å². The molecule has 0 unspecified atom stereocenters. The predicted octanol–water partition coefficient (Wildman–Crippen LogP) is 5.25. The predicted molar refractivity (Wildman–Crippen MR) is 120 cm³/mol. The molecule has 1 aliphatic rings. The van der Waals surface area contributed by atoms with Crippen molar-refractivity contribution < 1.29 is 14.3 Å². The van der Waals surface area contributed by atoms with Crippen LogP contribution in [-0.4, -0.2) is 48.8 Å². The maximum absolute atomic E-state index is 12.7. The van der Waals surface area contributed by atoms with Gasteiger partial charge in [0.15, 0.2) is 0 Å². The number of rotatable bonds is 12. The summed E-state index contributed by atoms with van der Waals surface area (Å²) in [6, 6.07) is 8.33. The van der Waals surface area contributed by atoms with E-state index in [-0.39, 0.29) is 5.91 Å². The molecule has 0 saturated carbocycles. The van der Waals surface area contributed by atoms with Crippen LogP contribution in [0.3, 0.4) is 0 Å². The molecule has 1 fully saturated rings. The first-order chi connectivity index (χ1) is 14.0. The highest BCUT2D eigenvalue weighted by Crippen LogP contribution is 2.23. The lowest BCUT2D eigenvalue weighted by Crippen LogP contribution is -2.43. The monoisotopic (exact) mass is 404 g/mol. The Balaban J connectivity index is 1.77. The number of amides is 1. The molecule has 164 valence electrons. The Morgan fingerprint density at radius 1 is 1.17 bits per heavy atom. The van der Waals surface area contributed by atoms with Crippen LogP contribution in [0.15, 0.2) is 24.3 Å². The van der Waals surface area contributed by atoms with Crippen LogP contribution in [0.4, 0.5) is 5.69 Å². The van der Waals surface area contributed by atoms with E-state index in [0.717, 1.165) is 37.2 Å². The van der Waals surface area contributed by atoms with E-state index < -0.39 is 5.60 Å².